The Balaban J connectivity index is 1.30. The Hall–Kier alpha value is -0.940. The third-order valence-electron chi connectivity index (χ3n) is 7.50. The highest BCUT2D eigenvalue weighted by molar-refractivity contribution is 9.10. The van der Waals surface area contributed by atoms with Gasteiger partial charge in [-0.05, 0) is 93.0 Å². The van der Waals surface area contributed by atoms with Gasteiger partial charge in [0.15, 0.2) is 11.5 Å². The fourth-order valence-electron chi connectivity index (χ4n) is 6.50. The molecule has 0 atom stereocenters. The molecule has 0 aromatic heterocycles. The van der Waals surface area contributed by atoms with E-state index in [1.807, 2.05) is 25.1 Å². The van der Waals surface area contributed by atoms with Gasteiger partial charge in [0.1, 0.15) is 6.61 Å². The van der Waals surface area contributed by atoms with E-state index < -0.39 is 0 Å². The van der Waals surface area contributed by atoms with Crippen LogP contribution in [0, 0.1) is 17.8 Å². The first-order valence-electron chi connectivity index (χ1n) is 11.7. The number of hydrogen-bond donors (Lipinski definition) is 1. The maximum Gasteiger partial charge on any atom is 0.162 e. The van der Waals surface area contributed by atoms with E-state index >= 15 is 0 Å². The Kier molecular flexibility index (Phi) is 6.68. The predicted octanol–water partition coefficient (Wildman–Crippen LogP) is 7.79. The average Bonchev–Trinajstić information content (AvgIpc) is 2.73. The van der Waals surface area contributed by atoms with Crippen molar-refractivity contribution in [3.05, 3.63) is 56.0 Å². The van der Waals surface area contributed by atoms with Crippen molar-refractivity contribution in [3.8, 4) is 11.5 Å². The second-order valence-corrected chi connectivity index (χ2v) is 11.6. The van der Waals surface area contributed by atoms with Crippen molar-refractivity contribution < 1.29 is 9.47 Å². The molecule has 2 aromatic carbocycles. The number of hydrogen-bond acceptors (Lipinski definition) is 3. The molecule has 4 saturated carbocycles. The van der Waals surface area contributed by atoms with Crippen LogP contribution in [0.2, 0.25) is 10.0 Å². The molecule has 0 radical (unpaired) electrons. The quantitative estimate of drug-likeness (QED) is 0.372. The van der Waals surface area contributed by atoms with Gasteiger partial charge in [0, 0.05) is 32.2 Å². The molecule has 4 bridgehead atoms. The molecule has 32 heavy (non-hydrogen) atoms. The van der Waals surface area contributed by atoms with Crippen LogP contribution in [0.3, 0.4) is 0 Å². The van der Waals surface area contributed by atoms with Gasteiger partial charge in [-0.3, -0.25) is 0 Å². The first kappa shape index (κ1) is 22.8. The van der Waals surface area contributed by atoms with Gasteiger partial charge >= 0.3 is 0 Å². The summed E-state index contributed by atoms with van der Waals surface area (Å²) in [5.74, 6) is 4.29. The van der Waals surface area contributed by atoms with Gasteiger partial charge in [0.25, 0.3) is 0 Å². The molecule has 4 aliphatic carbocycles. The zero-order chi connectivity index (χ0) is 22.3. The molecule has 0 unspecified atom stereocenters. The molecule has 0 amide bonds. The summed E-state index contributed by atoms with van der Waals surface area (Å²) in [6.07, 6.45) is 8.42. The summed E-state index contributed by atoms with van der Waals surface area (Å²) in [7, 11) is 0. The number of benzene rings is 2. The zero-order valence-electron chi connectivity index (χ0n) is 18.4. The van der Waals surface area contributed by atoms with Gasteiger partial charge in [0.05, 0.1) is 6.61 Å². The van der Waals surface area contributed by atoms with Crippen LogP contribution in [-0.4, -0.2) is 12.1 Å². The van der Waals surface area contributed by atoms with Crippen LogP contribution in [0.1, 0.15) is 56.6 Å². The summed E-state index contributed by atoms with van der Waals surface area (Å²) in [4.78, 5) is 0. The van der Waals surface area contributed by atoms with Gasteiger partial charge in [-0.2, -0.15) is 0 Å². The lowest BCUT2D eigenvalue weighted by Gasteiger charge is -2.57. The summed E-state index contributed by atoms with van der Waals surface area (Å²) in [5.41, 5.74) is 2.43. The van der Waals surface area contributed by atoms with Crippen molar-refractivity contribution in [2.75, 3.05) is 6.61 Å². The van der Waals surface area contributed by atoms with Crippen molar-refractivity contribution in [3.63, 3.8) is 0 Å². The van der Waals surface area contributed by atoms with E-state index in [1.54, 1.807) is 6.07 Å². The highest BCUT2D eigenvalue weighted by Gasteiger charge is 2.50. The number of halogens is 3. The third-order valence-corrected chi connectivity index (χ3v) is 8.83. The minimum Gasteiger partial charge on any atom is -0.490 e. The summed E-state index contributed by atoms with van der Waals surface area (Å²) in [6.45, 7) is 3.78. The molecule has 0 spiro atoms. The Bertz CT molecular complexity index is 961. The highest BCUT2D eigenvalue weighted by atomic mass is 79.9. The predicted molar refractivity (Wildman–Crippen MR) is 134 cm³/mol. The monoisotopic (exact) mass is 537 g/mol. The molecule has 6 heteroatoms. The van der Waals surface area contributed by atoms with E-state index in [0.717, 1.165) is 40.1 Å². The van der Waals surface area contributed by atoms with Crippen LogP contribution >= 0.6 is 39.1 Å². The van der Waals surface area contributed by atoms with Crippen LogP contribution in [0.4, 0.5) is 0 Å². The molecule has 2 aromatic rings. The van der Waals surface area contributed by atoms with Crippen molar-refractivity contribution in [2.45, 2.75) is 64.1 Å². The lowest BCUT2D eigenvalue weighted by Crippen LogP contribution is -2.58. The lowest BCUT2D eigenvalue weighted by molar-refractivity contribution is -0.0206. The normalized spacial score (nSPS) is 28.2. The van der Waals surface area contributed by atoms with Crippen LogP contribution in [-0.2, 0) is 13.2 Å². The standard InChI is InChI=1S/C26H30BrCl2NO2/c1-2-31-24-8-20(14-30-26-11-16-5-17(12-26)7-18(6-16)13-26)22(27)10-25(24)32-15-19-3-4-21(28)9-23(19)29/h3-4,8-10,16-18,30H,2,5-7,11-15H2,1H3. The van der Waals surface area contributed by atoms with Crippen LogP contribution < -0.4 is 14.8 Å². The fraction of sp³-hybridized carbons (Fsp3) is 0.538. The maximum absolute atomic E-state index is 6.31. The van der Waals surface area contributed by atoms with E-state index in [4.69, 9.17) is 32.7 Å². The molecule has 1 N–H and O–H groups in total. The highest BCUT2D eigenvalue weighted by Crippen LogP contribution is 2.55. The van der Waals surface area contributed by atoms with Gasteiger partial charge < -0.3 is 14.8 Å². The van der Waals surface area contributed by atoms with Crippen molar-refractivity contribution in [2.24, 2.45) is 17.8 Å². The number of nitrogens with one attached hydrogen (secondary N) is 1. The maximum atomic E-state index is 6.31. The smallest absolute Gasteiger partial charge is 0.162 e. The Morgan fingerprint density at radius 1 is 0.938 bits per heavy atom. The van der Waals surface area contributed by atoms with Crippen molar-refractivity contribution in [1.29, 1.82) is 0 Å². The first-order chi connectivity index (χ1) is 15.4. The molecule has 0 heterocycles. The molecule has 6 rings (SSSR count). The van der Waals surface area contributed by atoms with E-state index in [1.165, 1.54) is 44.1 Å². The molecular formula is C26H30BrCl2NO2. The minimum atomic E-state index is 0.334. The van der Waals surface area contributed by atoms with Crippen LogP contribution in [0.15, 0.2) is 34.8 Å². The lowest BCUT2D eigenvalue weighted by atomic mass is 9.53. The van der Waals surface area contributed by atoms with Gasteiger partial charge in [-0.25, -0.2) is 0 Å². The Morgan fingerprint density at radius 2 is 1.59 bits per heavy atom. The molecular weight excluding hydrogens is 509 g/mol. The average molecular weight is 539 g/mol. The van der Waals surface area contributed by atoms with Crippen molar-refractivity contribution in [1.82, 2.24) is 5.32 Å². The van der Waals surface area contributed by atoms with Crippen LogP contribution in [0.5, 0.6) is 11.5 Å². The van der Waals surface area contributed by atoms with Crippen molar-refractivity contribution >= 4 is 39.1 Å². The molecule has 4 aliphatic rings. The minimum absolute atomic E-state index is 0.334. The van der Waals surface area contributed by atoms with E-state index in [-0.39, 0.29) is 0 Å². The zero-order valence-corrected chi connectivity index (χ0v) is 21.5. The summed E-state index contributed by atoms with van der Waals surface area (Å²) >= 11 is 16.1. The Morgan fingerprint density at radius 3 is 2.22 bits per heavy atom. The van der Waals surface area contributed by atoms with E-state index in [2.05, 4.69) is 27.3 Å². The fourth-order valence-corrected chi connectivity index (χ4v) is 7.42. The number of rotatable bonds is 8. The second-order valence-electron chi connectivity index (χ2n) is 9.90. The van der Waals surface area contributed by atoms with E-state index in [0.29, 0.717) is 34.5 Å². The number of ether oxygens (including phenoxy) is 2. The van der Waals surface area contributed by atoms with Crippen LogP contribution in [0.25, 0.3) is 0 Å². The molecule has 3 nitrogen and oxygen atoms in total. The topological polar surface area (TPSA) is 30.5 Å². The summed E-state index contributed by atoms with van der Waals surface area (Å²) < 4.78 is 13.1. The molecule has 0 aliphatic heterocycles. The third kappa shape index (κ3) is 4.80. The molecule has 0 saturated heterocycles. The molecule has 4 fully saturated rings. The largest absolute Gasteiger partial charge is 0.490 e. The van der Waals surface area contributed by atoms with Gasteiger partial charge in [-0.1, -0.05) is 45.2 Å². The van der Waals surface area contributed by atoms with Gasteiger partial charge in [-0.15, -0.1) is 0 Å². The first-order valence-corrected chi connectivity index (χ1v) is 13.2. The van der Waals surface area contributed by atoms with E-state index in [9.17, 15) is 0 Å². The summed E-state index contributed by atoms with van der Waals surface area (Å²) in [6, 6.07) is 9.58. The second kappa shape index (κ2) is 9.37. The SMILES string of the molecule is CCOc1cc(CNC23CC4CC(CC(C4)C2)C3)c(Br)cc1OCc1ccc(Cl)cc1Cl. The van der Waals surface area contributed by atoms with Gasteiger partial charge in [0.2, 0.25) is 0 Å². The Labute approximate surface area is 209 Å². The summed E-state index contributed by atoms with van der Waals surface area (Å²) in [5, 5.41) is 5.21. The molecule has 172 valence electrons.